The van der Waals surface area contributed by atoms with Crippen molar-refractivity contribution in [3.8, 4) is 5.75 Å². The number of hydrogen-bond acceptors (Lipinski definition) is 3. The second-order valence-corrected chi connectivity index (χ2v) is 7.43. The summed E-state index contributed by atoms with van der Waals surface area (Å²) in [7, 11) is 0. The third-order valence-corrected chi connectivity index (χ3v) is 5.57. The first-order valence-electron chi connectivity index (χ1n) is 9.61. The van der Waals surface area contributed by atoms with E-state index in [-0.39, 0.29) is 17.9 Å². The van der Waals surface area contributed by atoms with Gasteiger partial charge in [0.25, 0.3) is 0 Å². The molecule has 9 heteroatoms. The molecule has 0 radical (unpaired) electrons. The van der Waals surface area contributed by atoms with Crippen molar-refractivity contribution in [2.45, 2.75) is 31.5 Å². The summed E-state index contributed by atoms with van der Waals surface area (Å²) in [6, 6.07) is 10.3. The van der Waals surface area contributed by atoms with Gasteiger partial charge in [0.05, 0.1) is 17.0 Å². The molecule has 0 bridgehead atoms. The van der Waals surface area contributed by atoms with Gasteiger partial charge >= 0.3 is 12.1 Å². The number of carboxylic acid groups (broad SMARTS) is 1. The predicted molar refractivity (Wildman–Crippen MR) is 106 cm³/mol. The molecule has 1 aromatic heterocycles. The van der Waals surface area contributed by atoms with Crippen LogP contribution in [-0.4, -0.2) is 28.2 Å². The minimum atomic E-state index is -4.51. The fourth-order valence-corrected chi connectivity index (χ4v) is 4.35. The summed E-state index contributed by atoms with van der Waals surface area (Å²) in [6.45, 7) is -0.646. The molecular formula is C22H19F3N2O4. The molecule has 4 rings (SSSR count). The van der Waals surface area contributed by atoms with E-state index in [2.05, 4.69) is 0 Å². The largest absolute Gasteiger partial charge is 0.481 e. The smallest absolute Gasteiger partial charge is 0.416 e. The lowest BCUT2D eigenvalue weighted by Crippen LogP contribution is -2.19. The number of primary amides is 1. The van der Waals surface area contributed by atoms with Crippen LogP contribution >= 0.6 is 0 Å². The van der Waals surface area contributed by atoms with Crippen LogP contribution in [0.5, 0.6) is 5.75 Å². The quantitative estimate of drug-likeness (QED) is 0.621. The lowest BCUT2D eigenvalue weighted by atomic mass is 9.99. The van der Waals surface area contributed by atoms with Crippen LogP contribution in [0.1, 0.15) is 34.7 Å². The first-order chi connectivity index (χ1) is 14.7. The molecule has 1 aliphatic rings. The molecule has 0 saturated heterocycles. The number of fused-ring (bicyclic) bond motifs is 3. The topological polar surface area (TPSA) is 94.6 Å². The Balaban J connectivity index is 1.91. The van der Waals surface area contributed by atoms with Crippen molar-refractivity contribution in [1.82, 2.24) is 4.57 Å². The number of carbonyl (C=O) groups excluding carboxylic acids is 1. The Morgan fingerprint density at radius 3 is 2.58 bits per heavy atom. The van der Waals surface area contributed by atoms with Gasteiger partial charge in [0.1, 0.15) is 5.75 Å². The van der Waals surface area contributed by atoms with E-state index in [1.165, 1.54) is 12.1 Å². The predicted octanol–water partition coefficient (Wildman–Crippen LogP) is 3.69. The van der Waals surface area contributed by atoms with Crippen molar-refractivity contribution < 1.29 is 32.6 Å². The van der Waals surface area contributed by atoms with Gasteiger partial charge in [0.15, 0.2) is 6.61 Å². The zero-order valence-electron chi connectivity index (χ0n) is 16.3. The molecule has 3 N–H and O–H groups in total. The highest BCUT2D eigenvalue weighted by molar-refractivity contribution is 5.97. The van der Waals surface area contributed by atoms with Crippen LogP contribution < -0.4 is 10.5 Å². The maximum atomic E-state index is 13.5. The Hall–Kier alpha value is -3.49. The number of alkyl halides is 3. The van der Waals surface area contributed by atoms with Crippen LogP contribution in [0.15, 0.2) is 42.5 Å². The zero-order valence-corrected chi connectivity index (χ0v) is 16.3. The van der Waals surface area contributed by atoms with Crippen molar-refractivity contribution in [2.24, 2.45) is 5.73 Å². The number of hydrogen-bond donors (Lipinski definition) is 2. The van der Waals surface area contributed by atoms with Crippen LogP contribution in [-0.2, 0) is 28.7 Å². The first kappa shape index (κ1) is 20.8. The Bertz CT molecular complexity index is 1180. The van der Waals surface area contributed by atoms with Crippen molar-refractivity contribution in [2.75, 3.05) is 6.61 Å². The Morgan fingerprint density at radius 2 is 1.90 bits per heavy atom. The molecule has 1 heterocycles. The minimum absolute atomic E-state index is 0.0601. The summed E-state index contributed by atoms with van der Waals surface area (Å²) >= 11 is 0. The number of aromatic nitrogens is 1. The number of ether oxygens (including phenoxy) is 1. The standard InChI is InChI=1S/C22H19F3N2O4/c23-22(24,25)14-5-2-1-4-12(14)10-27-15-6-3-7-17(31-11-18(28)29)20(15)19-13(21(26)30)8-9-16(19)27/h1-7,13H,8-11H2,(H2,26,30)(H,28,29). The lowest BCUT2D eigenvalue weighted by Gasteiger charge is -2.16. The van der Waals surface area contributed by atoms with Gasteiger partial charge in [-0.25, -0.2) is 4.79 Å². The maximum absolute atomic E-state index is 13.5. The van der Waals surface area contributed by atoms with Crippen LogP contribution in [0.25, 0.3) is 10.9 Å². The SMILES string of the molecule is NC(=O)C1CCc2c1c1c(OCC(=O)O)cccc1n2Cc1ccccc1C(F)(F)F. The summed E-state index contributed by atoms with van der Waals surface area (Å²) in [4.78, 5) is 23.0. The monoisotopic (exact) mass is 432 g/mol. The molecule has 0 spiro atoms. The van der Waals surface area contributed by atoms with Gasteiger partial charge in [-0.05, 0) is 42.2 Å². The summed E-state index contributed by atoms with van der Waals surface area (Å²) in [5, 5.41) is 9.49. The molecule has 1 aliphatic carbocycles. The number of halogens is 3. The highest BCUT2D eigenvalue weighted by atomic mass is 19.4. The van der Waals surface area contributed by atoms with E-state index in [1.807, 2.05) is 0 Å². The summed E-state index contributed by atoms with van der Waals surface area (Å²) in [5.41, 5.74) is 6.83. The van der Waals surface area contributed by atoms with Gasteiger partial charge in [-0.15, -0.1) is 0 Å². The van der Waals surface area contributed by atoms with E-state index in [1.54, 1.807) is 28.8 Å². The van der Waals surface area contributed by atoms with Crippen LogP contribution in [0.3, 0.4) is 0 Å². The number of aliphatic carboxylic acids is 1. The Labute approximate surface area is 175 Å². The highest BCUT2D eigenvalue weighted by Crippen LogP contribution is 2.45. The number of amides is 1. The molecule has 162 valence electrons. The van der Waals surface area contributed by atoms with Crippen molar-refractivity contribution in [3.63, 3.8) is 0 Å². The third-order valence-electron chi connectivity index (χ3n) is 5.57. The van der Waals surface area contributed by atoms with Gasteiger partial charge in [0.2, 0.25) is 5.91 Å². The minimum Gasteiger partial charge on any atom is -0.481 e. The Kier molecular flexibility index (Phi) is 5.12. The zero-order chi connectivity index (χ0) is 22.3. The number of rotatable bonds is 6. The summed E-state index contributed by atoms with van der Waals surface area (Å²) in [5.74, 6) is -2.07. The Morgan fingerprint density at radius 1 is 1.16 bits per heavy atom. The lowest BCUT2D eigenvalue weighted by molar-refractivity contribution is -0.139. The molecule has 3 aromatic rings. The fourth-order valence-electron chi connectivity index (χ4n) is 4.35. The summed E-state index contributed by atoms with van der Waals surface area (Å²) in [6.07, 6.45) is -3.61. The molecule has 0 fully saturated rings. The van der Waals surface area contributed by atoms with Gasteiger partial charge in [-0.1, -0.05) is 24.3 Å². The van der Waals surface area contributed by atoms with Crippen LogP contribution in [0.2, 0.25) is 0 Å². The van der Waals surface area contributed by atoms with Crippen molar-refractivity contribution in [1.29, 1.82) is 0 Å². The normalized spacial score (nSPS) is 15.8. The maximum Gasteiger partial charge on any atom is 0.416 e. The molecule has 31 heavy (non-hydrogen) atoms. The van der Waals surface area contributed by atoms with Gasteiger partial charge in [-0.2, -0.15) is 13.2 Å². The van der Waals surface area contributed by atoms with E-state index in [0.717, 1.165) is 6.07 Å². The van der Waals surface area contributed by atoms with Gasteiger partial charge < -0.3 is 20.1 Å². The van der Waals surface area contributed by atoms with Crippen LogP contribution in [0, 0.1) is 0 Å². The molecule has 1 unspecified atom stereocenters. The molecule has 1 amide bonds. The molecule has 0 aliphatic heterocycles. The molecular weight excluding hydrogens is 413 g/mol. The molecule has 2 aromatic carbocycles. The number of carboxylic acids is 1. The number of benzene rings is 2. The number of carbonyl (C=O) groups is 2. The first-order valence-corrected chi connectivity index (χ1v) is 9.61. The average Bonchev–Trinajstić information content (AvgIpc) is 3.26. The van der Waals surface area contributed by atoms with Gasteiger partial charge in [0, 0.05) is 17.6 Å². The molecule has 1 atom stereocenters. The van der Waals surface area contributed by atoms with E-state index in [4.69, 9.17) is 15.6 Å². The second kappa shape index (κ2) is 7.64. The number of nitrogens with two attached hydrogens (primary N) is 1. The fraction of sp³-hybridized carbons (Fsp3) is 0.273. The van der Waals surface area contributed by atoms with Crippen molar-refractivity contribution in [3.05, 3.63) is 64.8 Å². The molecule has 0 saturated carbocycles. The van der Waals surface area contributed by atoms with E-state index < -0.39 is 36.1 Å². The average molecular weight is 432 g/mol. The van der Waals surface area contributed by atoms with Crippen molar-refractivity contribution >= 4 is 22.8 Å². The second-order valence-electron chi connectivity index (χ2n) is 7.43. The molecule has 6 nitrogen and oxygen atoms in total. The third kappa shape index (κ3) is 3.71. The van der Waals surface area contributed by atoms with E-state index in [9.17, 15) is 22.8 Å². The van der Waals surface area contributed by atoms with Crippen LogP contribution in [0.4, 0.5) is 13.2 Å². The summed E-state index contributed by atoms with van der Waals surface area (Å²) < 4.78 is 47.8. The number of nitrogens with zero attached hydrogens (tertiary/aromatic N) is 1. The van der Waals surface area contributed by atoms with Gasteiger partial charge in [-0.3, -0.25) is 4.79 Å². The van der Waals surface area contributed by atoms with E-state index in [0.29, 0.717) is 35.0 Å². The highest BCUT2D eigenvalue weighted by Gasteiger charge is 2.36. The van der Waals surface area contributed by atoms with E-state index >= 15 is 0 Å².